The van der Waals surface area contributed by atoms with Crippen molar-refractivity contribution in [2.75, 3.05) is 18.8 Å². The first-order chi connectivity index (χ1) is 8.34. The van der Waals surface area contributed by atoms with E-state index in [1.807, 2.05) is 13.8 Å². The van der Waals surface area contributed by atoms with Crippen LogP contribution in [0.15, 0.2) is 29.4 Å². The first-order valence-electron chi connectivity index (χ1n) is 5.63. The molecule has 0 radical (unpaired) electrons. The van der Waals surface area contributed by atoms with E-state index < -0.39 is 25.6 Å². The van der Waals surface area contributed by atoms with Gasteiger partial charge in [0.15, 0.2) is 0 Å². The van der Waals surface area contributed by atoms with Gasteiger partial charge in [-0.1, -0.05) is 0 Å². The maximum Gasteiger partial charge on any atom is 0.244 e. The predicted molar refractivity (Wildman–Crippen MR) is 70.1 cm³/mol. The summed E-state index contributed by atoms with van der Waals surface area (Å²) < 4.78 is 37.4. The van der Waals surface area contributed by atoms with Gasteiger partial charge < -0.3 is 0 Å². The largest absolute Gasteiger partial charge is 0.263 e. The number of rotatable bonds is 2. The number of aromatic nitrogens is 1. The Morgan fingerprint density at radius 3 is 2.72 bits per heavy atom. The van der Waals surface area contributed by atoms with Crippen molar-refractivity contribution in [3.05, 3.63) is 24.5 Å². The number of sulfonamides is 1. The van der Waals surface area contributed by atoms with Gasteiger partial charge in [0.25, 0.3) is 0 Å². The van der Waals surface area contributed by atoms with Crippen molar-refractivity contribution in [2.24, 2.45) is 0 Å². The fourth-order valence-corrected chi connectivity index (χ4v) is 4.89. The monoisotopic (exact) mass is 288 g/mol. The average molecular weight is 288 g/mol. The molecule has 1 aliphatic heterocycles. The summed E-state index contributed by atoms with van der Waals surface area (Å²) >= 11 is 0. The maximum absolute atomic E-state index is 12.4. The lowest BCUT2D eigenvalue weighted by molar-refractivity contribution is 0.378. The van der Waals surface area contributed by atoms with Crippen LogP contribution in [0.1, 0.15) is 13.8 Å². The standard InChI is InChI=1S/C11H16N2O3S2/c1-11(2)9-13(6-7-17(11)14)18(15,16)10-4-3-5-12-8-10/h3-5,8H,6-7,9H2,1-2H3/t17-/m0/s1. The van der Waals surface area contributed by atoms with Gasteiger partial charge in [0, 0.05) is 42.0 Å². The highest BCUT2D eigenvalue weighted by Crippen LogP contribution is 2.25. The highest BCUT2D eigenvalue weighted by Gasteiger charge is 2.38. The number of hydrogen-bond acceptors (Lipinski definition) is 4. The predicted octanol–water partition coefficient (Wildman–Crippen LogP) is 0.613. The Kier molecular flexibility index (Phi) is 3.57. The van der Waals surface area contributed by atoms with Gasteiger partial charge in [0.05, 0.1) is 4.75 Å². The summed E-state index contributed by atoms with van der Waals surface area (Å²) in [5.74, 6) is 0.381. The van der Waals surface area contributed by atoms with Crippen molar-refractivity contribution in [3.8, 4) is 0 Å². The van der Waals surface area contributed by atoms with Crippen LogP contribution >= 0.6 is 0 Å². The zero-order chi connectivity index (χ0) is 13.4. The molecule has 2 heterocycles. The second-order valence-corrected chi connectivity index (χ2v) is 8.98. The minimum absolute atomic E-state index is 0.188. The summed E-state index contributed by atoms with van der Waals surface area (Å²) in [5, 5.41) is 0. The molecule has 1 aromatic heterocycles. The molecule has 0 amide bonds. The average Bonchev–Trinajstić information content (AvgIpc) is 2.33. The summed E-state index contributed by atoms with van der Waals surface area (Å²) in [5.41, 5.74) is 0. The number of nitrogens with zero attached hydrogens (tertiary/aromatic N) is 2. The van der Waals surface area contributed by atoms with Crippen molar-refractivity contribution < 1.29 is 12.6 Å². The van der Waals surface area contributed by atoms with Gasteiger partial charge in [0.1, 0.15) is 4.90 Å². The highest BCUT2D eigenvalue weighted by molar-refractivity contribution is 7.89. The lowest BCUT2D eigenvalue weighted by atomic mass is 10.2. The van der Waals surface area contributed by atoms with E-state index >= 15 is 0 Å². The second-order valence-electron chi connectivity index (χ2n) is 4.84. The van der Waals surface area contributed by atoms with Gasteiger partial charge in [0.2, 0.25) is 10.0 Å². The molecule has 0 aliphatic carbocycles. The topological polar surface area (TPSA) is 67.3 Å². The Labute approximate surface area is 110 Å². The molecule has 0 N–H and O–H groups in total. The molecule has 7 heteroatoms. The van der Waals surface area contributed by atoms with Crippen molar-refractivity contribution in [1.82, 2.24) is 9.29 Å². The normalized spacial score (nSPS) is 24.9. The molecule has 0 saturated carbocycles. The molecule has 1 aromatic rings. The fraction of sp³-hybridized carbons (Fsp3) is 0.545. The first kappa shape index (κ1) is 13.6. The molecule has 2 rings (SSSR count). The summed E-state index contributed by atoms with van der Waals surface area (Å²) in [7, 11) is -4.50. The van der Waals surface area contributed by atoms with Crippen LogP contribution in [0, 0.1) is 0 Å². The third kappa shape index (κ3) is 2.48. The molecule has 5 nitrogen and oxygen atoms in total. The van der Waals surface area contributed by atoms with E-state index in [1.54, 1.807) is 6.07 Å². The van der Waals surface area contributed by atoms with Crippen LogP contribution in [-0.4, -0.2) is 45.5 Å². The number of pyridine rings is 1. The van der Waals surface area contributed by atoms with Crippen molar-refractivity contribution in [1.29, 1.82) is 0 Å². The lowest BCUT2D eigenvalue weighted by Gasteiger charge is -2.36. The molecular weight excluding hydrogens is 272 g/mol. The Morgan fingerprint density at radius 1 is 1.44 bits per heavy atom. The van der Waals surface area contributed by atoms with Crippen LogP contribution in [0.2, 0.25) is 0 Å². The van der Waals surface area contributed by atoms with E-state index in [4.69, 9.17) is 0 Å². The van der Waals surface area contributed by atoms with Crippen LogP contribution in [0.3, 0.4) is 0 Å². The molecule has 0 aromatic carbocycles. The molecule has 100 valence electrons. The zero-order valence-corrected chi connectivity index (χ0v) is 12.0. The lowest BCUT2D eigenvalue weighted by Crippen LogP contribution is -2.51. The van der Waals surface area contributed by atoms with Crippen molar-refractivity contribution >= 4 is 20.8 Å². The van der Waals surface area contributed by atoms with Gasteiger partial charge in [-0.2, -0.15) is 4.31 Å². The first-order valence-corrected chi connectivity index (χ1v) is 8.38. The quantitative estimate of drug-likeness (QED) is 0.800. The van der Waals surface area contributed by atoms with Crippen LogP contribution in [0.4, 0.5) is 0 Å². The van der Waals surface area contributed by atoms with Crippen LogP contribution in [-0.2, 0) is 20.8 Å². The van der Waals surface area contributed by atoms with Crippen LogP contribution in [0.5, 0.6) is 0 Å². The van der Waals surface area contributed by atoms with Crippen LogP contribution < -0.4 is 0 Å². The summed E-state index contributed by atoms with van der Waals surface area (Å²) in [6.07, 6.45) is 2.88. The van der Waals surface area contributed by atoms with Crippen molar-refractivity contribution in [2.45, 2.75) is 23.5 Å². The zero-order valence-electron chi connectivity index (χ0n) is 10.4. The molecular formula is C11H16N2O3S2. The second kappa shape index (κ2) is 4.71. The van der Waals surface area contributed by atoms with E-state index in [-0.39, 0.29) is 11.4 Å². The Bertz CT molecular complexity index is 555. The Balaban J connectivity index is 2.30. The van der Waals surface area contributed by atoms with Gasteiger partial charge in [-0.3, -0.25) is 9.19 Å². The molecule has 1 atom stereocenters. The molecule has 0 spiro atoms. The SMILES string of the molecule is CC1(C)CN(S(=O)(=O)c2cccnc2)CC[S@@]1=O. The third-order valence-corrected chi connectivity index (χ3v) is 6.72. The molecule has 0 bridgehead atoms. The van der Waals surface area contributed by atoms with E-state index in [2.05, 4.69) is 4.98 Å². The van der Waals surface area contributed by atoms with Gasteiger partial charge >= 0.3 is 0 Å². The molecule has 1 fully saturated rings. The van der Waals surface area contributed by atoms with E-state index in [1.165, 1.54) is 22.8 Å². The minimum atomic E-state index is -3.52. The molecule has 1 saturated heterocycles. The van der Waals surface area contributed by atoms with Crippen molar-refractivity contribution in [3.63, 3.8) is 0 Å². The highest BCUT2D eigenvalue weighted by atomic mass is 32.2. The Hall–Kier alpha value is -0.790. The minimum Gasteiger partial charge on any atom is -0.263 e. The van der Waals surface area contributed by atoms with E-state index in [0.717, 1.165) is 0 Å². The van der Waals surface area contributed by atoms with Gasteiger partial charge in [-0.15, -0.1) is 0 Å². The van der Waals surface area contributed by atoms with Gasteiger partial charge in [-0.05, 0) is 26.0 Å². The fourth-order valence-electron chi connectivity index (χ4n) is 1.89. The van der Waals surface area contributed by atoms with E-state index in [0.29, 0.717) is 12.3 Å². The summed E-state index contributed by atoms with van der Waals surface area (Å²) in [6.45, 7) is 4.23. The molecule has 1 aliphatic rings. The summed E-state index contributed by atoms with van der Waals surface area (Å²) in [6, 6.07) is 3.13. The van der Waals surface area contributed by atoms with E-state index in [9.17, 15) is 12.6 Å². The molecule has 18 heavy (non-hydrogen) atoms. The maximum atomic E-state index is 12.4. The van der Waals surface area contributed by atoms with Gasteiger partial charge in [-0.25, -0.2) is 8.42 Å². The summed E-state index contributed by atoms with van der Waals surface area (Å²) in [4.78, 5) is 4.02. The Morgan fingerprint density at radius 2 is 2.17 bits per heavy atom. The smallest absolute Gasteiger partial charge is 0.244 e. The van der Waals surface area contributed by atoms with Crippen LogP contribution in [0.25, 0.3) is 0 Å². The third-order valence-electron chi connectivity index (χ3n) is 2.97. The molecule has 0 unspecified atom stereocenters. The number of hydrogen-bond donors (Lipinski definition) is 0.